The zero-order valence-electron chi connectivity index (χ0n) is 15.0. The molecule has 0 spiro atoms. The van der Waals surface area contributed by atoms with Crippen molar-refractivity contribution in [3.8, 4) is 5.75 Å². The van der Waals surface area contributed by atoms with E-state index in [4.69, 9.17) is 11.6 Å². The molecule has 5 nitrogen and oxygen atoms in total. The normalized spacial score (nSPS) is 16.6. The summed E-state index contributed by atoms with van der Waals surface area (Å²) in [5.74, 6) is -1.12. The van der Waals surface area contributed by atoms with Crippen LogP contribution in [0, 0.1) is 0 Å². The Bertz CT molecular complexity index is 916. The molecule has 3 rings (SSSR count). The molecule has 0 aliphatic carbocycles. The largest absolute Gasteiger partial charge is 0.573 e. The second-order valence-corrected chi connectivity index (χ2v) is 7.12. The minimum absolute atomic E-state index is 0.0677. The highest BCUT2D eigenvalue weighted by atomic mass is 35.5. The van der Waals surface area contributed by atoms with Gasteiger partial charge in [0, 0.05) is 6.54 Å². The van der Waals surface area contributed by atoms with E-state index in [1.54, 1.807) is 13.8 Å². The second kappa shape index (κ2) is 7.01. The highest BCUT2D eigenvalue weighted by molar-refractivity contribution is 6.33. The number of ether oxygens (including phenoxy) is 1. The zero-order chi connectivity index (χ0) is 20.7. The molecule has 0 radical (unpaired) electrons. The van der Waals surface area contributed by atoms with Gasteiger partial charge in [-0.2, -0.15) is 0 Å². The zero-order valence-corrected chi connectivity index (χ0v) is 15.7. The van der Waals surface area contributed by atoms with Crippen LogP contribution in [0.15, 0.2) is 48.5 Å². The molecular weight excluding hydrogens is 397 g/mol. The number of rotatable bonds is 4. The third kappa shape index (κ3) is 3.77. The van der Waals surface area contributed by atoms with Gasteiger partial charge in [0.15, 0.2) is 0 Å². The van der Waals surface area contributed by atoms with E-state index >= 15 is 0 Å². The number of amides is 3. The van der Waals surface area contributed by atoms with E-state index in [-0.39, 0.29) is 17.3 Å². The summed E-state index contributed by atoms with van der Waals surface area (Å²) in [6, 6.07) is 11.8. The Labute approximate surface area is 164 Å². The predicted octanol–water partition coefficient (Wildman–Crippen LogP) is 4.99. The molecule has 0 unspecified atom stereocenters. The molecule has 0 bridgehead atoms. The standard InChI is InChI=1S/C19H16ClF3N2O3/c1-18(2)16(26)25(17(27)24(18)11-12-6-4-3-5-7-12)13-8-9-15(14(20)10-13)28-19(21,22)23/h3-10H,11H2,1-2H3. The number of urea groups is 1. The first-order valence-corrected chi connectivity index (χ1v) is 8.64. The Kier molecular flexibility index (Phi) is 5.01. The van der Waals surface area contributed by atoms with Crippen LogP contribution in [0.5, 0.6) is 5.75 Å². The molecule has 1 fully saturated rings. The van der Waals surface area contributed by atoms with E-state index in [1.807, 2.05) is 30.3 Å². The van der Waals surface area contributed by atoms with E-state index in [1.165, 1.54) is 11.0 Å². The summed E-state index contributed by atoms with van der Waals surface area (Å²) in [7, 11) is 0. The average molecular weight is 413 g/mol. The van der Waals surface area contributed by atoms with Gasteiger partial charge in [-0.05, 0) is 37.6 Å². The summed E-state index contributed by atoms with van der Waals surface area (Å²) in [5, 5.41) is -0.366. The molecule has 28 heavy (non-hydrogen) atoms. The van der Waals surface area contributed by atoms with Crippen LogP contribution in [0.4, 0.5) is 23.7 Å². The third-order valence-corrected chi connectivity index (χ3v) is 4.70. The molecule has 1 aliphatic rings. The van der Waals surface area contributed by atoms with E-state index in [0.717, 1.165) is 22.6 Å². The molecule has 0 atom stereocenters. The quantitative estimate of drug-likeness (QED) is 0.665. The van der Waals surface area contributed by atoms with E-state index in [2.05, 4.69) is 4.74 Å². The number of halogens is 4. The minimum atomic E-state index is -4.90. The van der Waals surface area contributed by atoms with Gasteiger partial charge in [-0.3, -0.25) is 4.79 Å². The fourth-order valence-corrected chi connectivity index (χ4v) is 3.14. The van der Waals surface area contributed by atoms with Crippen molar-refractivity contribution in [2.45, 2.75) is 32.3 Å². The summed E-state index contributed by atoms with van der Waals surface area (Å²) in [5.41, 5.74) is -0.232. The van der Waals surface area contributed by atoms with Gasteiger partial charge in [0.2, 0.25) is 0 Å². The van der Waals surface area contributed by atoms with Crippen molar-refractivity contribution in [1.29, 1.82) is 0 Å². The minimum Gasteiger partial charge on any atom is -0.404 e. The van der Waals surface area contributed by atoms with Gasteiger partial charge < -0.3 is 9.64 Å². The van der Waals surface area contributed by atoms with Gasteiger partial charge in [-0.15, -0.1) is 13.2 Å². The number of carbonyl (C=O) groups excluding carboxylic acids is 2. The lowest BCUT2D eigenvalue weighted by Crippen LogP contribution is -2.43. The van der Waals surface area contributed by atoms with Crippen LogP contribution in [0.1, 0.15) is 19.4 Å². The molecule has 148 valence electrons. The maximum Gasteiger partial charge on any atom is 0.573 e. The third-order valence-electron chi connectivity index (χ3n) is 4.41. The predicted molar refractivity (Wildman–Crippen MR) is 97.1 cm³/mol. The first kappa shape index (κ1) is 20.0. The summed E-state index contributed by atoms with van der Waals surface area (Å²) >= 11 is 5.86. The molecule has 2 aromatic carbocycles. The van der Waals surface area contributed by atoms with Crippen LogP contribution in [-0.4, -0.2) is 28.7 Å². The van der Waals surface area contributed by atoms with E-state index in [0.29, 0.717) is 0 Å². The second-order valence-electron chi connectivity index (χ2n) is 6.72. The van der Waals surface area contributed by atoms with Crippen molar-refractivity contribution in [3.05, 3.63) is 59.1 Å². The Hall–Kier alpha value is -2.74. The Balaban J connectivity index is 1.91. The molecule has 1 saturated heterocycles. The Morgan fingerprint density at radius 1 is 1.07 bits per heavy atom. The molecule has 3 amide bonds. The van der Waals surface area contributed by atoms with Crippen molar-refractivity contribution in [1.82, 2.24) is 4.90 Å². The maximum atomic E-state index is 12.9. The lowest BCUT2D eigenvalue weighted by molar-refractivity contribution is -0.274. The number of benzene rings is 2. The SMILES string of the molecule is CC1(C)C(=O)N(c2ccc(OC(F)(F)F)c(Cl)c2)C(=O)N1Cc1ccccc1. The van der Waals surface area contributed by atoms with Crippen LogP contribution < -0.4 is 9.64 Å². The molecular formula is C19H16ClF3N2O3. The van der Waals surface area contributed by atoms with Gasteiger partial charge in [0.25, 0.3) is 5.91 Å². The number of imide groups is 1. The van der Waals surface area contributed by atoms with Crippen LogP contribution in [0.3, 0.4) is 0 Å². The van der Waals surface area contributed by atoms with Crippen molar-refractivity contribution in [3.63, 3.8) is 0 Å². The van der Waals surface area contributed by atoms with Gasteiger partial charge in [-0.25, -0.2) is 9.69 Å². The lowest BCUT2D eigenvalue weighted by atomic mass is 10.0. The van der Waals surface area contributed by atoms with Crippen LogP contribution in [-0.2, 0) is 11.3 Å². The highest BCUT2D eigenvalue weighted by Gasteiger charge is 2.51. The molecule has 0 saturated carbocycles. The molecule has 0 aromatic heterocycles. The van der Waals surface area contributed by atoms with Gasteiger partial charge in [0.1, 0.15) is 11.3 Å². The van der Waals surface area contributed by atoms with Crippen LogP contribution in [0.25, 0.3) is 0 Å². The van der Waals surface area contributed by atoms with E-state index < -0.39 is 29.6 Å². The molecule has 1 aliphatic heterocycles. The first-order valence-electron chi connectivity index (χ1n) is 8.26. The monoisotopic (exact) mass is 412 g/mol. The lowest BCUT2D eigenvalue weighted by Gasteiger charge is -2.27. The molecule has 1 heterocycles. The number of nitrogens with zero attached hydrogens (tertiary/aromatic N) is 2. The number of anilines is 1. The summed E-state index contributed by atoms with van der Waals surface area (Å²) in [6.07, 6.45) is -4.90. The Morgan fingerprint density at radius 3 is 2.29 bits per heavy atom. The number of hydrogen-bond acceptors (Lipinski definition) is 3. The van der Waals surface area contributed by atoms with Crippen LogP contribution >= 0.6 is 11.6 Å². The topological polar surface area (TPSA) is 49.9 Å². The fourth-order valence-electron chi connectivity index (χ4n) is 2.93. The van der Waals surface area contributed by atoms with Gasteiger partial charge in [0.05, 0.1) is 10.7 Å². The average Bonchev–Trinajstić information content (AvgIpc) is 2.77. The van der Waals surface area contributed by atoms with Crippen molar-refractivity contribution < 1.29 is 27.5 Å². The summed E-state index contributed by atoms with van der Waals surface area (Å²) in [4.78, 5) is 28.1. The number of hydrogen-bond donors (Lipinski definition) is 0. The number of carbonyl (C=O) groups is 2. The Morgan fingerprint density at radius 2 is 1.71 bits per heavy atom. The molecule has 2 aromatic rings. The fraction of sp³-hybridized carbons (Fsp3) is 0.263. The van der Waals surface area contributed by atoms with Crippen LogP contribution in [0.2, 0.25) is 5.02 Å². The van der Waals surface area contributed by atoms with Gasteiger partial charge >= 0.3 is 12.4 Å². The smallest absolute Gasteiger partial charge is 0.404 e. The van der Waals surface area contributed by atoms with Crippen molar-refractivity contribution in [2.24, 2.45) is 0 Å². The van der Waals surface area contributed by atoms with Crippen molar-refractivity contribution in [2.75, 3.05) is 4.90 Å². The maximum absolute atomic E-state index is 12.9. The summed E-state index contributed by atoms with van der Waals surface area (Å²) < 4.78 is 41.0. The number of alkyl halides is 3. The first-order chi connectivity index (χ1) is 13.0. The van der Waals surface area contributed by atoms with Crippen molar-refractivity contribution >= 4 is 29.2 Å². The molecule has 0 N–H and O–H groups in total. The molecule has 9 heteroatoms. The summed E-state index contributed by atoms with van der Waals surface area (Å²) in [6.45, 7) is 3.43. The van der Waals surface area contributed by atoms with Gasteiger partial charge in [-0.1, -0.05) is 41.9 Å². The van der Waals surface area contributed by atoms with E-state index in [9.17, 15) is 22.8 Å². The highest BCUT2D eigenvalue weighted by Crippen LogP contribution is 2.37.